The molecule has 4 nitrogen and oxygen atoms in total. The van der Waals surface area contributed by atoms with Crippen LogP contribution in [0.3, 0.4) is 0 Å². The fraction of sp³-hybridized carbons (Fsp3) is 0.421. The van der Waals surface area contributed by atoms with Gasteiger partial charge in [0.05, 0.1) is 0 Å². The molecule has 0 spiro atoms. The maximum atomic E-state index is 9.55. The molecule has 1 aromatic carbocycles. The van der Waals surface area contributed by atoms with Crippen LogP contribution in [-0.2, 0) is 6.54 Å². The van der Waals surface area contributed by atoms with Crippen LogP contribution in [0.1, 0.15) is 23.7 Å². The average Bonchev–Trinajstić information content (AvgIpc) is 2.94. The van der Waals surface area contributed by atoms with E-state index < -0.39 is 0 Å². The number of hydrogen-bond donors (Lipinski definition) is 1. The molecule has 120 valence electrons. The van der Waals surface area contributed by atoms with Gasteiger partial charge in [0.2, 0.25) is 0 Å². The summed E-state index contributed by atoms with van der Waals surface area (Å²) in [6.45, 7) is 13.3. The zero-order chi connectivity index (χ0) is 16.4. The number of benzene rings is 1. The fourth-order valence-electron chi connectivity index (χ4n) is 3.51. The van der Waals surface area contributed by atoms with Crippen molar-refractivity contribution in [3.8, 4) is 6.07 Å². The summed E-state index contributed by atoms with van der Waals surface area (Å²) in [5.41, 5.74) is 4.22. The maximum Gasteiger partial charge on any atom is 0.121 e. The predicted molar refractivity (Wildman–Crippen MR) is 95.4 cm³/mol. The van der Waals surface area contributed by atoms with Gasteiger partial charge in [-0.3, -0.25) is 4.90 Å². The SMILES string of the molecule is C=Cc1ccc2c(cc(C#N)n2CC(C)N2CCNCC2)c1C. The minimum absolute atomic E-state index is 0.416. The highest BCUT2D eigenvalue weighted by Gasteiger charge is 2.19. The second-order valence-electron chi connectivity index (χ2n) is 6.30. The van der Waals surface area contributed by atoms with Gasteiger partial charge in [-0.25, -0.2) is 0 Å². The van der Waals surface area contributed by atoms with Crippen LogP contribution in [0.2, 0.25) is 0 Å². The van der Waals surface area contributed by atoms with Gasteiger partial charge in [-0.15, -0.1) is 0 Å². The number of nitrogens with one attached hydrogen (secondary N) is 1. The Kier molecular flexibility index (Phi) is 4.51. The number of hydrogen-bond acceptors (Lipinski definition) is 3. The van der Waals surface area contributed by atoms with Gasteiger partial charge in [-0.05, 0) is 37.1 Å². The van der Waals surface area contributed by atoms with Crippen LogP contribution in [0.15, 0.2) is 24.8 Å². The van der Waals surface area contributed by atoms with Crippen LogP contribution in [-0.4, -0.2) is 41.7 Å². The number of piperazine rings is 1. The molecule has 1 unspecified atom stereocenters. The van der Waals surface area contributed by atoms with Crippen molar-refractivity contribution in [3.05, 3.63) is 41.6 Å². The summed E-state index contributed by atoms with van der Waals surface area (Å²) >= 11 is 0. The normalized spacial score (nSPS) is 17.1. The second kappa shape index (κ2) is 6.57. The van der Waals surface area contributed by atoms with Gasteiger partial charge in [0.1, 0.15) is 11.8 Å². The lowest BCUT2D eigenvalue weighted by atomic mass is 10.0. The number of nitrogens with zero attached hydrogens (tertiary/aromatic N) is 3. The van der Waals surface area contributed by atoms with E-state index >= 15 is 0 Å². The molecule has 23 heavy (non-hydrogen) atoms. The Morgan fingerprint density at radius 1 is 1.39 bits per heavy atom. The van der Waals surface area contributed by atoms with E-state index in [1.54, 1.807) is 0 Å². The van der Waals surface area contributed by atoms with Gasteiger partial charge in [0, 0.05) is 49.7 Å². The third-order valence-electron chi connectivity index (χ3n) is 4.95. The lowest BCUT2D eigenvalue weighted by Gasteiger charge is -2.33. The van der Waals surface area contributed by atoms with E-state index in [2.05, 4.69) is 53.4 Å². The minimum Gasteiger partial charge on any atom is -0.331 e. The van der Waals surface area contributed by atoms with E-state index in [1.807, 2.05) is 12.1 Å². The van der Waals surface area contributed by atoms with Crippen molar-refractivity contribution in [1.29, 1.82) is 5.26 Å². The van der Waals surface area contributed by atoms with Crippen molar-refractivity contribution < 1.29 is 0 Å². The highest BCUT2D eigenvalue weighted by molar-refractivity contribution is 5.88. The molecular weight excluding hydrogens is 284 g/mol. The quantitative estimate of drug-likeness (QED) is 0.944. The van der Waals surface area contributed by atoms with Gasteiger partial charge in [-0.2, -0.15) is 5.26 Å². The molecule has 1 aliphatic heterocycles. The van der Waals surface area contributed by atoms with Gasteiger partial charge in [-0.1, -0.05) is 18.7 Å². The van der Waals surface area contributed by atoms with Gasteiger partial charge in [0.25, 0.3) is 0 Å². The predicted octanol–water partition coefficient (Wildman–Crippen LogP) is 2.76. The third kappa shape index (κ3) is 2.90. The zero-order valence-electron chi connectivity index (χ0n) is 14.0. The molecule has 1 aromatic heterocycles. The Hall–Kier alpha value is -2.09. The highest BCUT2D eigenvalue weighted by Crippen LogP contribution is 2.27. The number of rotatable bonds is 4. The first-order valence-electron chi connectivity index (χ1n) is 8.26. The molecule has 3 rings (SSSR count). The smallest absolute Gasteiger partial charge is 0.121 e. The number of aryl methyl sites for hydroxylation is 1. The molecule has 1 atom stereocenters. The average molecular weight is 308 g/mol. The molecule has 2 heterocycles. The van der Waals surface area contributed by atoms with Crippen molar-refractivity contribution in [1.82, 2.24) is 14.8 Å². The number of nitriles is 1. The van der Waals surface area contributed by atoms with E-state index in [9.17, 15) is 5.26 Å². The van der Waals surface area contributed by atoms with E-state index in [0.29, 0.717) is 6.04 Å². The minimum atomic E-state index is 0.416. The van der Waals surface area contributed by atoms with Crippen molar-refractivity contribution in [2.75, 3.05) is 26.2 Å². The standard InChI is InChI=1S/C19H24N4/c1-4-16-5-6-19-18(15(16)3)11-17(12-20)23(19)13-14(2)22-9-7-21-8-10-22/h4-6,11,14,21H,1,7-10,13H2,2-3H3. The first-order chi connectivity index (χ1) is 11.2. The summed E-state index contributed by atoms with van der Waals surface area (Å²) in [6.07, 6.45) is 1.88. The molecule has 4 heteroatoms. The van der Waals surface area contributed by atoms with Crippen molar-refractivity contribution in [2.45, 2.75) is 26.4 Å². The lowest BCUT2D eigenvalue weighted by Crippen LogP contribution is -2.48. The zero-order valence-corrected chi connectivity index (χ0v) is 14.0. The highest BCUT2D eigenvalue weighted by atomic mass is 15.2. The van der Waals surface area contributed by atoms with Crippen LogP contribution in [0.25, 0.3) is 17.0 Å². The van der Waals surface area contributed by atoms with Gasteiger partial charge in [0.15, 0.2) is 0 Å². The molecule has 0 bridgehead atoms. The maximum absolute atomic E-state index is 9.55. The van der Waals surface area contributed by atoms with E-state index in [4.69, 9.17) is 0 Å². The Labute approximate surface area is 138 Å². The lowest BCUT2D eigenvalue weighted by molar-refractivity contribution is 0.170. The Balaban J connectivity index is 1.97. The van der Waals surface area contributed by atoms with Crippen LogP contribution in [0.4, 0.5) is 0 Å². The summed E-state index contributed by atoms with van der Waals surface area (Å²) in [5.74, 6) is 0. The third-order valence-corrected chi connectivity index (χ3v) is 4.95. The summed E-state index contributed by atoms with van der Waals surface area (Å²) in [4.78, 5) is 2.49. The molecule has 0 aliphatic carbocycles. The van der Waals surface area contributed by atoms with Crippen molar-refractivity contribution in [3.63, 3.8) is 0 Å². The summed E-state index contributed by atoms with van der Waals surface area (Å²) in [6, 6.07) is 9.01. The van der Waals surface area contributed by atoms with Gasteiger partial charge >= 0.3 is 0 Å². The van der Waals surface area contributed by atoms with Crippen LogP contribution in [0.5, 0.6) is 0 Å². The molecule has 1 aliphatic rings. The summed E-state index contributed by atoms with van der Waals surface area (Å²) in [7, 11) is 0. The van der Waals surface area contributed by atoms with E-state index in [1.165, 1.54) is 5.56 Å². The Morgan fingerprint density at radius 3 is 2.78 bits per heavy atom. The van der Waals surface area contributed by atoms with E-state index in [0.717, 1.165) is 54.9 Å². The number of aromatic nitrogens is 1. The monoisotopic (exact) mass is 308 g/mol. The topological polar surface area (TPSA) is 44.0 Å². The second-order valence-corrected chi connectivity index (χ2v) is 6.30. The first kappa shape index (κ1) is 15.8. The van der Waals surface area contributed by atoms with Crippen molar-refractivity contribution >= 4 is 17.0 Å². The number of fused-ring (bicyclic) bond motifs is 1. The van der Waals surface area contributed by atoms with Crippen LogP contribution >= 0.6 is 0 Å². The molecule has 1 N–H and O–H groups in total. The largest absolute Gasteiger partial charge is 0.331 e. The molecule has 0 amide bonds. The molecule has 2 aromatic rings. The molecule has 0 saturated carbocycles. The van der Waals surface area contributed by atoms with E-state index in [-0.39, 0.29) is 0 Å². The van der Waals surface area contributed by atoms with Crippen LogP contribution < -0.4 is 5.32 Å². The summed E-state index contributed by atoms with van der Waals surface area (Å²) < 4.78 is 2.17. The molecule has 1 fully saturated rings. The Bertz CT molecular complexity index is 760. The van der Waals surface area contributed by atoms with Crippen molar-refractivity contribution in [2.24, 2.45) is 0 Å². The van der Waals surface area contributed by atoms with Gasteiger partial charge < -0.3 is 9.88 Å². The molecule has 0 radical (unpaired) electrons. The fourth-order valence-corrected chi connectivity index (χ4v) is 3.51. The molecule has 1 saturated heterocycles. The first-order valence-corrected chi connectivity index (χ1v) is 8.26. The molecular formula is C19H24N4. The Morgan fingerprint density at radius 2 is 2.13 bits per heavy atom. The van der Waals surface area contributed by atoms with Crippen LogP contribution in [0, 0.1) is 18.3 Å². The summed E-state index contributed by atoms with van der Waals surface area (Å²) in [5, 5.41) is 14.1.